The highest BCUT2D eigenvalue weighted by Gasteiger charge is 2.22. The van der Waals surface area contributed by atoms with E-state index in [0.29, 0.717) is 6.54 Å². The molecule has 0 radical (unpaired) electrons. The monoisotopic (exact) mass is 404 g/mol. The van der Waals surface area contributed by atoms with Gasteiger partial charge in [0.2, 0.25) is 11.8 Å². The predicted octanol–water partition coefficient (Wildman–Crippen LogP) is 4.31. The number of amides is 2. The van der Waals surface area contributed by atoms with Gasteiger partial charge < -0.3 is 10.2 Å². The Hall–Kier alpha value is -1.79. The van der Waals surface area contributed by atoms with Crippen LogP contribution in [0.1, 0.15) is 12.8 Å². The molecule has 2 aromatic rings. The van der Waals surface area contributed by atoms with E-state index in [1.807, 2.05) is 48.5 Å². The van der Waals surface area contributed by atoms with Crippen molar-refractivity contribution in [2.75, 3.05) is 22.5 Å². The van der Waals surface area contributed by atoms with Gasteiger partial charge in [0.25, 0.3) is 0 Å². The number of benzene rings is 2. The Balaban J connectivity index is 1.56. The van der Waals surface area contributed by atoms with E-state index in [1.165, 1.54) is 0 Å². The van der Waals surface area contributed by atoms with Crippen LogP contribution < -0.4 is 10.2 Å². The summed E-state index contributed by atoms with van der Waals surface area (Å²) in [6, 6.07) is 15.3. The van der Waals surface area contributed by atoms with E-state index < -0.39 is 0 Å². The standard InChI is InChI=1S/C18H17BrN2O2S/c19-13-5-7-14(8-6-13)20-17(22)9-10-18(23)21-11-12-24-16-4-2-1-3-15(16)21/h1-8H,9-12H2,(H,20,22). The summed E-state index contributed by atoms with van der Waals surface area (Å²) in [5.74, 6) is 0.729. The molecule has 0 aromatic heterocycles. The number of hydrogen-bond donors (Lipinski definition) is 1. The summed E-state index contributed by atoms with van der Waals surface area (Å²) in [6.45, 7) is 0.689. The molecule has 2 aromatic carbocycles. The van der Waals surface area contributed by atoms with Gasteiger partial charge >= 0.3 is 0 Å². The molecule has 3 rings (SSSR count). The summed E-state index contributed by atoms with van der Waals surface area (Å²) in [6.07, 6.45) is 0.391. The molecule has 0 unspecified atom stereocenters. The smallest absolute Gasteiger partial charge is 0.227 e. The van der Waals surface area contributed by atoms with Crippen LogP contribution >= 0.6 is 27.7 Å². The van der Waals surface area contributed by atoms with Crippen molar-refractivity contribution < 1.29 is 9.59 Å². The lowest BCUT2D eigenvalue weighted by molar-refractivity contribution is -0.122. The van der Waals surface area contributed by atoms with Crippen LogP contribution in [0.15, 0.2) is 57.9 Å². The van der Waals surface area contributed by atoms with Crippen molar-refractivity contribution in [2.45, 2.75) is 17.7 Å². The van der Waals surface area contributed by atoms with Gasteiger partial charge in [-0.05, 0) is 36.4 Å². The molecule has 1 N–H and O–H groups in total. The minimum Gasteiger partial charge on any atom is -0.326 e. The van der Waals surface area contributed by atoms with E-state index in [0.717, 1.165) is 26.5 Å². The molecule has 0 saturated heterocycles. The Labute approximate surface area is 153 Å². The van der Waals surface area contributed by atoms with E-state index in [2.05, 4.69) is 21.2 Å². The first kappa shape index (κ1) is 17.0. The van der Waals surface area contributed by atoms with Crippen molar-refractivity contribution in [2.24, 2.45) is 0 Å². The lowest BCUT2D eigenvalue weighted by Gasteiger charge is -2.29. The zero-order chi connectivity index (χ0) is 16.9. The maximum Gasteiger partial charge on any atom is 0.227 e. The number of carbonyl (C=O) groups is 2. The largest absolute Gasteiger partial charge is 0.326 e. The third-order valence-electron chi connectivity index (χ3n) is 3.72. The van der Waals surface area contributed by atoms with Gasteiger partial charge in [0.05, 0.1) is 5.69 Å². The molecule has 0 spiro atoms. The van der Waals surface area contributed by atoms with Crippen LogP contribution in [0.4, 0.5) is 11.4 Å². The Morgan fingerprint density at radius 1 is 1.08 bits per heavy atom. The first-order chi connectivity index (χ1) is 11.6. The van der Waals surface area contributed by atoms with Gasteiger partial charge in [0, 0.05) is 40.2 Å². The van der Waals surface area contributed by atoms with Gasteiger partial charge in [-0.2, -0.15) is 0 Å². The molecule has 0 atom stereocenters. The minimum atomic E-state index is -0.148. The number of para-hydroxylation sites is 1. The number of halogens is 1. The number of rotatable bonds is 4. The van der Waals surface area contributed by atoms with Crippen molar-refractivity contribution in [1.82, 2.24) is 0 Å². The van der Waals surface area contributed by atoms with Crippen molar-refractivity contribution in [3.05, 3.63) is 53.0 Å². The zero-order valence-electron chi connectivity index (χ0n) is 13.0. The van der Waals surface area contributed by atoms with E-state index in [4.69, 9.17) is 0 Å². The Morgan fingerprint density at radius 3 is 2.62 bits per heavy atom. The number of fused-ring (bicyclic) bond motifs is 1. The lowest BCUT2D eigenvalue weighted by Crippen LogP contribution is -2.35. The number of hydrogen-bond acceptors (Lipinski definition) is 3. The Bertz CT molecular complexity index is 749. The summed E-state index contributed by atoms with van der Waals surface area (Å²) in [5, 5.41) is 2.81. The van der Waals surface area contributed by atoms with Crippen molar-refractivity contribution in [3.8, 4) is 0 Å². The van der Waals surface area contributed by atoms with Gasteiger partial charge in [0.15, 0.2) is 0 Å². The molecule has 24 heavy (non-hydrogen) atoms. The molecule has 1 heterocycles. The first-order valence-electron chi connectivity index (χ1n) is 7.71. The molecular formula is C18H17BrN2O2S. The third-order valence-corrected chi connectivity index (χ3v) is 5.30. The highest BCUT2D eigenvalue weighted by atomic mass is 79.9. The van der Waals surface area contributed by atoms with Gasteiger partial charge in [-0.1, -0.05) is 28.1 Å². The maximum absolute atomic E-state index is 12.5. The molecule has 2 amide bonds. The SMILES string of the molecule is O=C(CCC(=O)N1CCSc2ccccc21)Nc1ccc(Br)cc1. The number of thioether (sulfide) groups is 1. The average Bonchev–Trinajstić information content (AvgIpc) is 2.61. The topological polar surface area (TPSA) is 49.4 Å². The molecule has 0 fully saturated rings. The van der Waals surface area contributed by atoms with Crippen LogP contribution in [0.3, 0.4) is 0 Å². The summed E-state index contributed by atoms with van der Waals surface area (Å²) in [4.78, 5) is 27.4. The van der Waals surface area contributed by atoms with E-state index >= 15 is 0 Å². The Kier molecular flexibility index (Phi) is 5.58. The summed E-state index contributed by atoms with van der Waals surface area (Å²) < 4.78 is 0.956. The average molecular weight is 405 g/mol. The highest BCUT2D eigenvalue weighted by molar-refractivity contribution is 9.10. The molecule has 0 saturated carbocycles. The van der Waals surface area contributed by atoms with Crippen molar-refractivity contribution in [3.63, 3.8) is 0 Å². The molecular weight excluding hydrogens is 388 g/mol. The predicted molar refractivity (Wildman–Crippen MR) is 102 cm³/mol. The van der Waals surface area contributed by atoms with E-state index in [1.54, 1.807) is 16.7 Å². The maximum atomic E-state index is 12.5. The summed E-state index contributed by atoms with van der Waals surface area (Å²) in [7, 11) is 0. The molecule has 0 bridgehead atoms. The number of carbonyl (C=O) groups excluding carboxylic acids is 2. The first-order valence-corrected chi connectivity index (χ1v) is 9.49. The Morgan fingerprint density at radius 2 is 1.83 bits per heavy atom. The van der Waals surface area contributed by atoms with Crippen LogP contribution in [0.2, 0.25) is 0 Å². The summed E-state index contributed by atoms with van der Waals surface area (Å²) in [5.41, 5.74) is 1.68. The second-order valence-electron chi connectivity index (χ2n) is 5.42. The second kappa shape index (κ2) is 7.85. The fraction of sp³-hybridized carbons (Fsp3) is 0.222. The van der Waals surface area contributed by atoms with E-state index in [-0.39, 0.29) is 24.7 Å². The van der Waals surface area contributed by atoms with Crippen LogP contribution in [-0.4, -0.2) is 24.1 Å². The number of anilines is 2. The lowest BCUT2D eigenvalue weighted by atomic mass is 10.2. The van der Waals surface area contributed by atoms with Gasteiger partial charge in [-0.15, -0.1) is 11.8 Å². The number of nitrogens with one attached hydrogen (secondary N) is 1. The van der Waals surface area contributed by atoms with E-state index in [9.17, 15) is 9.59 Å². The van der Waals surface area contributed by atoms with Crippen LogP contribution in [-0.2, 0) is 9.59 Å². The quantitative estimate of drug-likeness (QED) is 0.825. The molecule has 1 aliphatic rings. The van der Waals surface area contributed by atoms with Crippen LogP contribution in [0.5, 0.6) is 0 Å². The fourth-order valence-corrected chi connectivity index (χ4v) is 3.80. The highest BCUT2D eigenvalue weighted by Crippen LogP contribution is 2.34. The molecule has 4 nitrogen and oxygen atoms in total. The van der Waals surface area contributed by atoms with Crippen LogP contribution in [0.25, 0.3) is 0 Å². The van der Waals surface area contributed by atoms with Crippen molar-refractivity contribution >= 4 is 50.9 Å². The summed E-state index contributed by atoms with van der Waals surface area (Å²) >= 11 is 5.11. The second-order valence-corrected chi connectivity index (χ2v) is 7.47. The van der Waals surface area contributed by atoms with Crippen LogP contribution in [0, 0.1) is 0 Å². The molecule has 0 aliphatic carbocycles. The van der Waals surface area contributed by atoms with Gasteiger partial charge in [0.1, 0.15) is 0 Å². The fourth-order valence-electron chi connectivity index (χ4n) is 2.54. The zero-order valence-corrected chi connectivity index (χ0v) is 15.4. The number of nitrogens with zero attached hydrogens (tertiary/aromatic N) is 1. The molecule has 1 aliphatic heterocycles. The third kappa shape index (κ3) is 4.19. The molecule has 124 valence electrons. The molecule has 6 heteroatoms. The van der Waals surface area contributed by atoms with Gasteiger partial charge in [-0.25, -0.2) is 0 Å². The normalized spacial score (nSPS) is 13.3. The minimum absolute atomic E-state index is 0.00583. The van der Waals surface area contributed by atoms with Gasteiger partial charge in [-0.3, -0.25) is 9.59 Å². The van der Waals surface area contributed by atoms with Crippen molar-refractivity contribution in [1.29, 1.82) is 0 Å².